The van der Waals surface area contributed by atoms with Gasteiger partial charge in [-0.2, -0.15) is 5.10 Å². The minimum absolute atomic E-state index is 0.144. The van der Waals surface area contributed by atoms with Gasteiger partial charge in [-0.1, -0.05) is 81.3 Å². The van der Waals surface area contributed by atoms with Crippen molar-refractivity contribution in [1.29, 1.82) is 0 Å². The second-order valence-corrected chi connectivity index (χ2v) is 13.4. The lowest BCUT2D eigenvalue weighted by atomic mass is 9.93. The number of aryl methyl sites for hydroxylation is 1. The first-order valence-electron chi connectivity index (χ1n) is 18.4. The molecule has 2 heterocycles. The van der Waals surface area contributed by atoms with Crippen LogP contribution in [-0.4, -0.2) is 68.1 Å². The normalized spacial score (nSPS) is 13.7. The number of nitrogens with one attached hydrogen (secondary N) is 1. The molecule has 5 aromatic rings. The molecule has 6 rings (SSSR count). The highest BCUT2D eigenvalue weighted by Gasteiger charge is 2.32. The molecule has 1 unspecified atom stereocenters. The summed E-state index contributed by atoms with van der Waals surface area (Å²) in [4.78, 5) is 45.8. The van der Waals surface area contributed by atoms with Gasteiger partial charge in [-0.25, -0.2) is 4.68 Å². The van der Waals surface area contributed by atoms with Crippen LogP contribution in [0.4, 0.5) is 5.69 Å². The third-order valence-corrected chi connectivity index (χ3v) is 9.60. The lowest BCUT2D eigenvalue weighted by Crippen LogP contribution is -2.46. The van der Waals surface area contributed by atoms with Gasteiger partial charge in [0.05, 0.1) is 29.5 Å². The van der Waals surface area contributed by atoms with Gasteiger partial charge >= 0.3 is 0 Å². The van der Waals surface area contributed by atoms with E-state index in [0.29, 0.717) is 65.9 Å². The summed E-state index contributed by atoms with van der Waals surface area (Å²) >= 11 is 0. The Labute approximate surface area is 311 Å². The summed E-state index contributed by atoms with van der Waals surface area (Å²) in [6.07, 6.45) is 4.25. The average molecular weight is 714 g/mol. The summed E-state index contributed by atoms with van der Waals surface area (Å²) in [5.41, 5.74) is 4.53. The van der Waals surface area contributed by atoms with Crippen LogP contribution in [0, 0.1) is 6.92 Å². The molecular weight excluding hydrogens is 667 g/mol. The molecule has 0 bridgehead atoms. The standard InChI is InChI=1S/C43H47N5O5/c1-4-6-23-46(24-7-5-2)43(52)38-25-30(3)48(45-38)39-22-21-33(44-41(50)36-19-13-14-20-40(36)53-35-17-9-8-10-18-35)27-37(39)42(51)47-28-32-16-12-11-15-31(32)26-34(47)29-49/h8-22,25,27,34,49H,4-7,23-24,26,28-29H2,1-3H3,(H,44,50). The fourth-order valence-electron chi connectivity index (χ4n) is 6.67. The molecule has 53 heavy (non-hydrogen) atoms. The average Bonchev–Trinajstić information content (AvgIpc) is 3.58. The smallest absolute Gasteiger partial charge is 0.274 e. The molecule has 4 aromatic carbocycles. The van der Waals surface area contributed by atoms with Gasteiger partial charge in [0, 0.05) is 31.0 Å². The summed E-state index contributed by atoms with van der Waals surface area (Å²) in [5, 5.41) is 18.2. The number of hydrogen-bond acceptors (Lipinski definition) is 6. The number of amides is 3. The van der Waals surface area contributed by atoms with Gasteiger partial charge in [-0.3, -0.25) is 14.4 Å². The Balaban J connectivity index is 1.37. The van der Waals surface area contributed by atoms with E-state index >= 15 is 0 Å². The van der Waals surface area contributed by atoms with Crippen LogP contribution < -0.4 is 10.1 Å². The van der Waals surface area contributed by atoms with E-state index in [9.17, 15) is 19.5 Å². The number of rotatable bonds is 14. The van der Waals surface area contributed by atoms with Crippen LogP contribution in [0.25, 0.3) is 5.69 Å². The zero-order valence-corrected chi connectivity index (χ0v) is 30.6. The van der Waals surface area contributed by atoms with Gasteiger partial charge in [-0.15, -0.1) is 0 Å². The zero-order valence-electron chi connectivity index (χ0n) is 30.6. The van der Waals surface area contributed by atoms with E-state index in [1.54, 1.807) is 58.1 Å². The fraction of sp³-hybridized carbons (Fsp3) is 0.302. The van der Waals surface area contributed by atoms with Gasteiger partial charge in [0.1, 0.15) is 11.5 Å². The first-order chi connectivity index (χ1) is 25.8. The van der Waals surface area contributed by atoms with Crippen LogP contribution in [0.5, 0.6) is 11.5 Å². The third-order valence-electron chi connectivity index (χ3n) is 9.60. The van der Waals surface area contributed by atoms with E-state index in [0.717, 1.165) is 36.8 Å². The second kappa shape index (κ2) is 17.2. The summed E-state index contributed by atoms with van der Waals surface area (Å²) in [7, 11) is 0. The number of aliphatic hydroxyl groups excluding tert-OH is 1. The highest BCUT2D eigenvalue weighted by atomic mass is 16.5. The van der Waals surface area contributed by atoms with Crippen molar-refractivity contribution in [2.24, 2.45) is 0 Å². The summed E-state index contributed by atoms with van der Waals surface area (Å²) in [5.74, 6) is 0.101. The highest BCUT2D eigenvalue weighted by molar-refractivity contribution is 6.07. The molecule has 0 aliphatic carbocycles. The highest BCUT2D eigenvalue weighted by Crippen LogP contribution is 2.30. The molecule has 2 N–H and O–H groups in total. The minimum Gasteiger partial charge on any atom is -0.457 e. The number of hydrogen-bond donors (Lipinski definition) is 2. The lowest BCUT2D eigenvalue weighted by Gasteiger charge is -2.36. The Morgan fingerprint density at radius 3 is 2.25 bits per heavy atom. The zero-order chi connectivity index (χ0) is 37.3. The number of fused-ring (bicyclic) bond motifs is 1. The number of carbonyl (C=O) groups is 3. The number of unbranched alkanes of at least 4 members (excludes halogenated alkanes) is 2. The molecule has 10 nitrogen and oxygen atoms in total. The maximum absolute atomic E-state index is 14.7. The van der Waals surface area contributed by atoms with E-state index in [2.05, 4.69) is 19.2 Å². The van der Waals surface area contributed by atoms with Crippen LogP contribution in [0.3, 0.4) is 0 Å². The molecule has 1 aromatic heterocycles. The molecular formula is C43H47N5O5. The number of ether oxygens (including phenoxy) is 1. The van der Waals surface area contributed by atoms with Crippen LogP contribution in [0.2, 0.25) is 0 Å². The molecule has 10 heteroatoms. The Kier molecular flexibility index (Phi) is 12.0. The van der Waals surface area contributed by atoms with E-state index in [4.69, 9.17) is 9.84 Å². The largest absolute Gasteiger partial charge is 0.457 e. The maximum atomic E-state index is 14.7. The number of anilines is 1. The minimum atomic E-state index is -0.452. The first kappa shape index (κ1) is 37.0. The molecule has 0 saturated carbocycles. The second-order valence-electron chi connectivity index (χ2n) is 13.4. The molecule has 1 aliphatic rings. The summed E-state index contributed by atoms with van der Waals surface area (Å²) in [6, 6.07) is 30.5. The van der Waals surface area contributed by atoms with E-state index < -0.39 is 11.9 Å². The molecule has 1 atom stereocenters. The molecule has 1 aliphatic heterocycles. The Morgan fingerprint density at radius 1 is 0.849 bits per heavy atom. The maximum Gasteiger partial charge on any atom is 0.274 e. The molecule has 274 valence electrons. The van der Waals surface area contributed by atoms with Crippen molar-refractivity contribution in [2.45, 2.75) is 65.5 Å². The third kappa shape index (κ3) is 8.50. The number of benzene rings is 4. The molecule has 3 amide bonds. The van der Waals surface area contributed by atoms with Crippen LogP contribution in [0.1, 0.15) is 87.6 Å². The van der Waals surface area contributed by atoms with Crippen LogP contribution in [0.15, 0.2) is 103 Å². The lowest BCUT2D eigenvalue weighted by molar-refractivity contribution is 0.0544. The van der Waals surface area contributed by atoms with Crippen molar-refractivity contribution >= 4 is 23.4 Å². The van der Waals surface area contributed by atoms with Gasteiger partial charge < -0.3 is 25.0 Å². The van der Waals surface area contributed by atoms with Crippen molar-refractivity contribution in [3.63, 3.8) is 0 Å². The topological polar surface area (TPSA) is 117 Å². The van der Waals surface area contributed by atoms with Crippen molar-refractivity contribution in [3.05, 3.63) is 137 Å². The molecule has 0 saturated heterocycles. The first-order valence-corrected chi connectivity index (χ1v) is 18.4. The number of carbonyl (C=O) groups excluding carboxylic acids is 3. The predicted octanol–water partition coefficient (Wildman–Crippen LogP) is 7.83. The SMILES string of the molecule is CCCCN(CCCC)C(=O)c1cc(C)n(-c2ccc(NC(=O)c3ccccc3Oc3ccccc3)cc2C(=O)N2Cc3ccccc3CC2CO)n1. The Morgan fingerprint density at radius 2 is 1.53 bits per heavy atom. The Hall–Kier alpha value is -5.74. The number of para-hydroxylation sites is 2. The van der Waals surface area contributed by atoms with Crippen molar-refractivity contribution < 1.29 is 24.2 Å². The van der Waals surface area contributed by atoms with E-state index in [1.807, 2.05) is 66.4 Å². The predicted molar refractivity (Wildman–Crippen MR) is 206 cm³/mol. The van der Waals surface area contributed by atoms with Crippen LogP contribution >= 0.6 is 0 Å². The van der Waals surface area contributed by atoms with Gasteiger partial charge in [0.25, 0.3) is 17.7 Å². The molecule has 0 radical (unpaired) electrons. The van der Waals surface area contributed by atoms with E-state index in [-0.39, 0.29) is 24.0 Å². The van der Waals surface area contributed by atoms with Crippen LogP contribution in [-0.2, 0) is 13.0 Å². The van der Waals surface area contributed by atoms with Crippen molar-refractivity contribution in [3.8, 4) is 17.2 Å². The van der Waals surface area contributed by atoms with Gasteiger partial charge in [0.15, 0.2) is 5.69 Å². The van der Waals surface area contributed by atoms with Gasteiger partial charge in [-0.05, 0) is 85.8 Å². The molecule has 0 fully saturated rings. The van der Waals surface area contributed by atoms with E-state index in [1.165, 1.54) is 0 Å². The van der Waals surface area contributed by atoms with Gasteiger partial charge in [0.2, 0.25) is 0 Å². The summed E-state index contributed by atoms with van der Waals surface area (Å²) < 4.78 is 7.67. The quantitative estimate of drug-likeness (QED) is 0.121. The fourth-order valence-corrected chi connectivity index (χ4v) is 6.67. The number of aromatic nitrogens is 2. The number of nitrogens with zero attached hydrogens (tertiary/aromatic N) is 4. The van der Waals surface area contributed by atoms with Crippen molar-refractivity contribution in [1.82, 2.24) is 19.6 Å². The summed E-state index contributed by atoms with van der Waals surface area (Å²) in [6.45, 7) is 7.46. The monoisotopic (exact) mass is 713 g/mol. The number of aliphatic hydroxyl groups is 1. The Bertz CT molecular complexity index is 2050. The molecule has 0 spiro atoms. The van der Waals surface area contributed by atoms with Crippen molar-refractivity contribution in [2.75, 3.05) is 25.0 Å².